The fourth-order valence-electron chi connectivity index (χ4n) is 4.03. The van der Waals surface area contributed by atoms with Crippen molar-refractivity contribution < 1.29 is 38.1 Å². The summed E-state index contributed by atoms with van der Waals surface area (Å²) in [5.74, 6) is -0.745. The van der Waals surface area contributed by atoms with E-state index in [0.29, 0.717) is 27.7 Å². The fraction of sp³-hybridized carbons (Fsp3) is 0.125. The molecule has 0 fully saturated rings. The minimum Gasteiger partial charge on any atom is -0.412 e. The standard InChI is InChI=1S/C24H18ClFN4O3.H3O4P/c1-13-20-22(29-33-13)21-17(25)6-3-7-18(21)30(24(20)32)16-5-2-4-14(10-16)11-28-23(31)15-8-9-19(26)27-12-15;1-5(2,3)4/h2-10,12,22,29H,11H2,1H3,(H,28,31);(H3,1,2,3,4). The number of carbonyl (C=O) groups excluding carboxylic acids is 2. The van der Waals surface area contributed by atoms with E-state index in [1.54, 1.807) is 24.0 Å². The van der Waals surface area contributed by atoms with Crippen LogP contribution in [0.15, 0.2) is 72.1 Å². The predicted octanol–water partition coefficient (Wildman–Crippen LogP) is 3.40. The molecule has 3 heterocycles. The summed E-state index contributed by atoms with van der Waals surface area (Å²) in [6, 6.07) is 14.7. The molecule has 2 aliphatic rings. The lowest BCUT2D eigenvalue weighted by Gasteiger charge is -2.33. The summed E-state index contributed by atoms with van der Waals surface area (Å²) >= 11 is 6.51. The van der Waals surface area contributed by atoms with Crippen molar-refractivity contribution in [2.24, 2.45) is 0 Å². The smallest absolute Gasteiger partial charge is 0.412 e. The van der Waals surface area contributed by atoms with Gasteiger partial charge in [-0.3, -0.25) is 14.5 Å². The number of nitrogens with zero attached hydrogens (tertiary/aromatic N) is 2. The van der Waals surface area contributed by atoms with Crippen LogP contribution >= 0.6 is 19.4 Å². The number of nitrogens with one attached hydrogen (secondary N) is 2. The quantitative estimate of drug-likeness (QED) is 0.237. The van der Waals surface area contributed by atoms with Crippen LogP contribution in [0.4, 0.5) is 15.8 Å². The number of halogens is 2. The van der Waals surface area contributed by atoms with Crippen LogP contribution in [0.1, 0.15) is 34.5 Å². The van der Waals surface area contributed by atoms with Crippen LogP contribution in [0.5, 0.6) is 0 Å². The lowest BCUT2D eigenvalue weighted by atomic mass is 9.91. The normalized spacial score (nSPS) is 16.2. The lowest BCUT2D eigenvalue weighted by Crippen LogP contribution is -2.37. The number of hydroxylamine groups is 1. The number of anilines is 2. The van der Waals surface area contributed by atoms with E-state index in [1.807, 2.05) is 30.3 Å². The number of hydrogen-bond acceptors (Lipinski definition) is 6. The maximum Gasteiger partial charge on any atom is 0.466 e. The van der Waals surface area contributed by atoms with Crippen molar-refractivity contribution in [1.29, 1.82) is 0 Å². The highest BCUT2D eigenvalue weighted by Gasteiger charge is 2.43. The van der Waals surface area contributed by atoms with Crippen LogP contribution in [0.3, 0.4) is 0 Å². The summed E-state index contributed by atoms with van der Waals surface area (Å²) in [7, 11) is -4.64. The number of carbonyl (C=O) groups is 2. The molecule has 5 N–H and O–H groups in total. The molecular formula is C24H21ClFN4O7P. The highest BCUT2D eigenvalue weighted by Crippen LogP contribution is 2.47. The number of hydrogen-bond donors (Lipinski definition) is 5. The minimum atomic E-state index is -4.64. The second kappa shape index (κ2) is 11.0. The summed E-state index contributed by atoms with van der Waals surface area (Å²) in [4.78, 5) is 57.9. The van der Waals surface area contributed by atoms with E-state index in [2.05, 4.69) is 15.8 Å². The van der Waals surface area contributed by atoms with E-state index in [4.69, 9.17) is 35.7 Å². The predicted molar refractivity (Wildman–Crippen MR) is 134 cm³/mol. The molecule has 0 aliphatic carbocycles. The highest BCUT2D eigenvalue weighted by atomic mass is 35.5. The minimum absolute atomic E-state index is 0.212. The van der Waals surface area contributed by atoms with Crippen molar-refractivity contribution in [3.05, 3.63) is 99.8 Å². The maximum absolute atomic E-state index is 13.5. The van der Waals surface area contributed by atoms with Gasteiger partial charge in [0.25, 0.3) is 11.8 Å². The van der Waals surface area contributed by atoms with E-state index < -0.39 is 19.8 Å². The Morgan fingerprint density at radius 2 is 1.92 bits per heavy atom. The van der Waals surface area contributed by atoms with Crippen LogP contribution in [0.2, 0.25) is 5.02 Å². The molecule has 2 amide bonds. The van der Waals surface area contributed by atoms with Crippen molar-refractivity contribution in [2.75, 3.05) is 4.90 Å². The SMILES string of the molecule is CC1=C2C(=O)N(c3cccc(CNC(=O)c4ccc(F)nc4)c3)c3cccc(Cl)c3C2NO1.O=P(O)(O)O. The summed E-state index contributed by atoms with van der Waals surface area (Å²) in [5.41, 5.74) is 6.46. The average molecular weight is 563 g/mol. The molecule has 14 heteroatoms. The molecule has 198 valence electrons. The molecule has 0 saturated carbocycles. The van der Waals surface area contributed by atoms with Gasteiger partial charge < -0.3 is 24.8 Å². The van der Waals surface area contributed by atoms with E-state index >= 15 is 0 Å². The van der Waals surface area contributed by atoms with E-state index in [1.165, 1.54) is 12.3 Å². The first-order valence-electron chi connectivity index (χ1n) is 11.0. The van der Waals surface area contributed by atoms with E-state index in [0.717, 1.165) is 17.2 Å². The molecule has 2 aromatic carbocycles. The molecule has 0 bridgehead atoms. The topological polar surface area (TPSA) is 161 Å². The van der Waals surface area contributed by atoms with Gasteiger partial charge in [-0.1, -0.05) is 29.8 Å². The third-order valence-corrected chi connectivity index (χ3v) is 5.93. The van der Waals surface area contributed by atoms with Gasteiger partial charge in [-0.25, -0.2) is 9.55 Å². The molecule has 0 radical (unpaired) electrons. The van der Waals surface area contributed by atoms with Gasteiger partial charge in [0.15, 0.2) is 0 Å². The molecule has 38 heavy (non-hydrogen) atoms. The van der Waals surface area contributed by atoms with Crippen molar-refractivity contribution in [2.45, 2.75) is 19.5 Å². The molecular weight excluding hydrogens is 542 g/mol. The summed E-state index contributed by atoms with van der Waals surface area (Å²) in [6.45, 7) is 1.94. The van der Waals surface area contributed by atoms with Gasteiger partial charge in [0.05, 0.1) is 16.8 Å². The molecule has 3 aromatic rings. The Balaban J connectivity index is 0.000000617. The van der Waals surface area contributed by atoms with Gasteiger partial charge >= 0.3 is 7.82 Å². The third kappa shape index (κ3) is 6.08. The molecule has 1 atom stereocenters. The number of amides is 2. The van der Waals surface area contributed by atoms with Gasteiger partial charge in [0.1, 0.15) is 11.8 Å². The molecule has 2 aliphatic heterocycles. The zero-order chi connectivity index (χ0) is 27.6. The second-order valence-corrected chi connectivity index (χ2v) is 9.61. The van der Waals surface area contributed by atoms with Crippen LogP contribution < -0.4 is 15.7 Å². The van der Waals surface area contributed by atoms with Crippen LogP contribution in [0.25, 0.3) is 0 Å². The van der Waals surface area contributed by atoms with Crippen LogP contribution in [0, 0.1) is 5.95 Å². The molecule has 0 spiro atoms. The second-order valence-electron chi connectivity index (χ2n) is 8.17. The van der Waals surface area contributed by atoms with Crippen molar-refractivity contribution in [1.82, 2.24) is 15.8 Å². The average Bonchev–Trinajstić information content (AvgIpc) is 3.24. The van der Waals surface area contributed by atoms with Crippen molar-refractivity contribution in [3.63, 3.8) is 0 Å². The summed E-state index contributed by atoms with van der Waals surface area (Å²) in [5, 5.41) is 3.31. The largest absolute Gasteiger partial charge is 0.466 e. The molecule has 1 aromatic heterocycles. The van der Waals surface area contributed by atoms with Gasteiger partial charge in [0, 0.05) is 29.0 Å². The zero-order valence-corrected chi connectivity index (χ0v) is 21.3. The first-order valence-corrected chi connectivity index (χ1v) is 12.9. The van der Waals surface area contributed by atoms with Crippen molar-refractivity contribution in [3.8, 4) is 0 Å². The fourth-order valence-corrected chi connectivity index (χ4v) is 4.31. The molecule has 1 unspecified atom stereocenters. The lowest BCUT2D eigenvalue weighted by molar-refractivity contribution is -0.115. The Labute approximate surface area is 220 Å². The number of phosphoric acid groups is 1. The number of aromatic nitrogens is 1. The van der Waals surface area contributed by atoms with Gasteiger partial charge in [-0.05, 0) is 48.9 Å². The van der Waals surface area contributed by atoms with Gasteiger partial charge in [-0.15, -0.1) is 5.48 Å². The Morgan fingerprint density at radius 3 is 2.61 bits per heavy atom. The molecule has 5 rings (SSSR count). The Morgan fingerprint density at radius 1 is 1.21 bits per heavy atom. The van der Waals surface area contributed by atoms with Gasteiger partial charge in [-0.2, -0.15) is 4.39 Å². The number of fused-ring (bicyclic) bond motifs is 3. The third-order valence-electron chi connectivity index (χ3n) is 5.60. The van der Waals surface area contributed by atoms with Gasteiger partial charge in [0.2, 0.25) is 5.95 Å². The number of rotatable bonds is 4. The van der Waals surface area contributed by atoms with E-state index in [-0.39, 0.29) is 23.9 Å². The summed E-state index contributed by atoms with van der Waals surface area (Å²) < 4.78 is 21.9. The van der Waals surface area contributed by atoms with Crippen LogP contribution in [-0.2, 0) is 20.7 Å². The highest BCUT2D eigenvalue weighted by molar-refractivity contribution is 7.45. The van der Waals surface area contributed by atoms with Crippen molar-refractivity contribution >= 4 is 42.6 Å². The van der Waals surface area contributed by atoms with E-state index in [9.17, 15) is 14.0 Å². The molecule has 0 saturated heterocycles. The summed E-state index contributed by atoms with van der Waals surface area (Å²) in [6.07, 6.45) is 1.18. The first-order chi connectivity index (χ1) is 17.9. The molecule has 11 nitrogen and oxygen atoms in total. The Hall–Kier alpha value is -3.64. The number of allylic oxidation sites excluding steroid dienone is 1. The first kappa shape index (κ1) is 27.4. The number of benzene rings is 2. The Bertz CT molecular complexity index is 1470. The van der Waals surface area contributed by atoms with Crippen LogP contribution in [-0.4, -0.2) is 31.5 Å². The monoisotopic (exact) mass is 562 g/mol. The maximum atomic E-state index is 13.5. The zero-order valence-electron chi connectivity index (χ0n) is 19.6. The number of pyridine rings is 1. The Kier molecular flexibility index (Phi) is 7.93.